The number of nitriles is 1. The van der Waals surface area contributed by atoms with E-state index in [2.05, 4.69) is 20.7 Å². The average molecular weight is 367 g/mol. The summed E-state index contributed by atoms with van der Waals surface area (Å²) >= 11 is 3.22. The molecule has 0 aliphatic carbocycles. The summed E-state index contributed by atoms with van der Waals surface area (Å²) in [4.78, 5) is 0.162. The van der Waals surface area contributed by atoms with Gasteiger partial charge in [0.2, 0.25) is 0 Å². The van der Waals surface area contributed by atoms with E-state index < -0.39 is 10.0 Å². The highest BCUT2D eigenvalue weighted by Crippen LogP contribution is 2.24. The van der Waals surface area contributed by atoms with Crippen molar-refractivity contribution in [3.05, 3.63) is 53.0 Å². The number of hydrogen-bond donors (Lipinski definition) is 1. The highest BCUT2D eigenvalue weighted by Gasteiger charge is 2.16. The van der Waals surface area contributed by atoms with Gasteiger partial charge in [0.15, 0.2) is 6.61 Å². The minimum atomic E-state index is -3.66. The molecule has 0 aromatic heterocycles. The summed E-state index contributed by atoms with van der Waals surface area (Å²) < 4.78 is 32.6. The Bertz CT molecular complexity index is 768. The lowest BCUT2D eigenvalue weighted by Crippen LogP contribution is -2.13. The summed E-state index contributed by atoms with van der Waals surface area (Å²) in [6.45, 7) is -0.0535. The van der Waals surface area contributed by atoms with E-state index in [0.29, 0.717) is 15.9 Å². The molecule has 0 aliphatic rings. The Morgan fingerprint density at radius 3 is 2.43 bits per heavy atom. The average Bonchev–Trinajstić information content (AvgIpc) is 2.46. The maximum atomic E-state index is 12.3. The van der Waals surface area contributed by atoms with Crippen LogP contribution in [-0.2, 0) is 10.0 Å². The summed E-state index contributed by atoms with van der Waals surface area (Å²) in [6, 6.07) is 14.7. The summed E-state index contributed by atoms with van der Waals surface area (Å²) in [7, 11) is -3.66. The second kappa shape index (κ2) is 6.61. The van der Waals surface area contributed by atoms with Crippen LogP contribution >= 0.6 is 15.9 Å². The van der Waals surface area contributed by atoms with Gasteiger partial charge in [0.25, 0.3) is 10.0 Å². The lowest BCUT2D eigenvalue weighted by atomic mass is 10.3. The molecule has 0 spiro atoms. The molecule has 2 aromatic carbocycles. The molecule has 0 radical (unpaired) electrons. The molecule has 2 aromatic rings. The Kier molecular flexibility index (Phi) is 4.83. The van der Waals surface area contributed by atoms with Crippen molar-refractivity contribution in [1.82, 2.24) is 0 Å². The molecule has 1 N–H and O–H groups in total. The zero-order valence-electron chi connectivity index (χ0n) is 10.8. The van der Waals surface area contributed by atoms with E-state index in [1.807, 2.05) is 6.07 Å². The van der Waals surface area contributed by atoms with Gasteiger partial charge < -0.3 is 4.74 Å². The van der Waals surface area contributed by atoms with Crippen LogP contribution in [0.3, 0.4) is 0 Å². The van der Waals surface area contributed by atoms with Gasteiger partial charge in [-0.2, -0.15) is 5.26 Å². The van der Waals surface area contributed by atoms with Gasteiger partial charge in [-0.25, -0.2) is 8.42 Å². The van der Waals surface area contributed by atoms with E-state index in [-0.39, 0.29) is 11.5 Å². The van der Waals surface area contributed by atoms with E-state index in [0.717, 1.165) is 0 Å². The molecule has 0 heterocycles. The van der Waals surface area contributed by atoms with Crippen molar-refractivity contribution in [1.29, 1.82) is 5.26 Å². The Morgan fingerprint density at radius 2 is 1.81 bits per heavy atom. The van der Waals surface area contributed by atoms with Crippen molar-refractivity contribution >= 4 is 31.6 Å². The third kappa shape index (κ3) is 3.97. The molecule has 21 heavy (non-hydrogen) atoms. The van der Waals surface area contributed by atoms with Gasteiger partial charge in [-0.3, -0.25) is 4.72 Å². The zero-order valence-corrected chi connectivity index (χ0v) is 13.2. The minimum absolute atomic E-state index is 0.0535. The quantitative estimate of drug-likeness (QED) is 0.881. The summed E-state index contributed by atoms with van der Waals surface area (Å²) in [5.41, 5.74) is 0.412. The van der Waals surface area contributed by atoms with E-state index in [1.54, 1.807) is 42.5 Å². The van der Waals surface area contributed by atoms with Crippen LogP contribution < -0.4 is 9.46 Å². The highest BCUT2D eigenvalue weighted by atomic mass is 79.9. The van der Waals surface area contributed by atoms with Crippen molar-refractivity contribution in [3.63, 3.8) is 0 Å². The largest absolute Gasteiger partial charge is 0.479 e. The number of halogens is 1. The van der Waals surface area contributed by atoms with Crippen LogP contribution in [0.4, 0.5) is 5.69 Å². The molecule has 5 nitrogen and oxygen atoms in total. The van der Waals surface area contributed by atoms with Crippen molar-refractivity contribution in [3.8, 4) is 11.8 Å². The predicted molar refractivity (Wildman–Crippen MR) is 82.5 cm³/mol. The van der Waals surface area contributed by atoms with Gasteiger partial charge in [0, 0.05) is 10.2 Å². The molecular weight excluding hydrogens is 356 g/mol. The lowest BCUT2D eigenvalue weighted by Gasteiger charge is -2.10. The lowest BCUT2D eigenvalue weighted by molar-refractivity contribution is 0.368. The first-order valence-electron chi connectivity index (χ1n) is 5.90. The minimum Gasteiger partial charge on any atom is -0.479 e. The normalized spacial score (nSPS) is 10.7. The molecule has 0 fully saturated rings. The zero-order chi connectivity index (χ0) is 15.3. The van der Waals surface area contributed by atoms with E-state index in [9.17, 15) is 8.42 Å². The van der Waals surface area contributed by atoms with Crippen LogP contribution in [0.15, 0.2) is 57.9 Å². The number of hydrogen-bond acceptors (Lipinski definition) is 4. The smallest absolute Gasteiger partial charge is 0.263 e. The maximum Gasteiger partial charge on any atom is 0.263 e. The fourth-order valence-corrected chi connectivity index (χ4v) is 3.67. The van der Waals surface area contributed by atoms with Gasteiger partial charge in [0.1, 0.15) is 16.7 Å². The number of benzene rings is 2. The number of anilines is 1. The summed E-state index contributed by atoms with van der Waals surface area (Å²) in [6.07, 6.45) is 0. The number of rotatable bonds is 5. The number of nitrogens with zero attached hydrogens (tertiary/aromatic N) is 1. The molecule has 0 aliphatic heterocycles. The van der Waals surface area contributed by atoms with E-state index in [1.165, 1.54) is 6.07 Å². The van der Waals surface area contributed by atoms with Crippen molar-refractivity contribution < 1.29 is 13.2 Å². The molecule has 0 saturated heterocycles. The highest BCUT2D eigenvalue weighted by molar-refractivity contribution is 9.10. The Labute approximate surface area is 131 Å². The molecule has 0 saturated carbocycles. The molecule has 0 amide bonds. The maximum absolute atomic E-state index is 12.3. The summed E-state index contributed by atoms with van der Waals surface area (Å²) in [5.74, 6) is 0.500. The summed E-state index contributed by atoms with van der Waals surface area (Å²) in [5, 5.41) is 8.42. The fourth-order valence-electron chi connectivity index (χ4n) is 1.61. The SMILES string of the molecule is N#CCOc1ccc(NS(=O)(=O)c2ccccc2Br)cc1. The van der Waals surface area contributed by atoms with Gasteiger partial charge in [-0.1, -0.05) is 12.1 Å². The van der Waals surface area contributed by atoms with Crippen molar-refractivity contribution in [2.45, 2.75) is 4.90 Å². The first-order chi connectivity index (χ1) is 10.0. The Hall–Kier alpha value is -2.04. The second-order valence-electron chi connectivity index (χ2n) is 4.01. The van der Waals surface area contributed by atoms with Crippen LogP contribution in [0.2, 0.25) is 0 Å². The first kappa shape index (κ1) is 15.4. The topological polar surface area (TPSA) is 79.2 Å². The number of sulfonamides is 1. The van der Waals surface area contributed by atoms with Crippen molar-refractivity contribution in [2.75, 3.05) is 11.3 Å². The van der Waals surface area contributed by atoms with Crippen LogP contribution in [0.1, 0.15) is 0 Å². The number of ether oxygens (including phenoxy) is 1. The fraction of sp³-hybridized carbons (Fsp3) is 0.0714. The first-order valence-corrected chi connectivity index (χ1v) is 8.18. The van der Waals surface area contributed by atoms with Crippen LogP contribution in [0.25, 0.3) is 0 Å². The third-order valence-electron chi connectivity index (χ3n) is 2.54. The molecule has 7 heteroatoms. The Balaban J connectivity index is 2.18. The number of nitrogens with one attached hydrogen (secondary N) is 1. The third-order valence-corrected chi connectivity index (χ3v) is 4.93. The van der Waals surface area contributed by atoms with E-state index in [4.69, 9.17) is 10.00 Å². The van der Waals surface area contributed by atoms with Gasteiger partial charge in [0.05, 0.1) is 0 Å². The van der Waals surface area contributed by atoms with Crippen LogP contribution in [0, 0.1) is 11.3 Å². The molecule has 0 atom stereocenters. The molecule has 0 unspecified atom stereocenters. The van der Waals surface area contributed by atoms with Crippen LogP contribution in [-0.4, -0.2) is 15.0 Å². The molecule has 0 bridgehead atoms. The van der Waals surface area contributed by atoms with Gasteiger partial charge in [-0.15, -0.1) is 0 Å². The molecule has 2 rings (SSSR count). The van der Waals surface area contributed by atoms with E-state index >= 15 is 0 Å². The monoisotopic (exact) mass is 366 g/mol. The van der Waals surface area contributed by atoms with Crippen LogP contribution in [0.5, 0.6) is 5.75 Å². The predicted octanol–water partition coefficient (Wildman–Crippen LogP) is 3.15. The van der Waals surface area contributed by atoms with Gasteiger partial charge in [-0.05, 0) is 52.3 Å². The standard InChI is InChI=1S/C14H11BrN2O3S/c15-13-3-1-2-4-14(13)21(18,19)17-11-5-7-12(8-6-11)20-10-9-16/h1-8,17H,10H2. The molecular formula is C14H11BrN2O3S. The molecule has 108 valence electrons. The van der Waals surface area contributed by atoms with Crippen molar-refractivity contribution in [2.24, 2.45) is 0 Å². The Morgan fingerprint density at radius 1 is 1.14 bits per heavy atom. The second-order valence-corrected chi connectivity index (χ2v) is 6.51. The van der Waals surface area contributed by atoms with Gasteiger partial charge >= 0.3 is 0 Å².